The average Bonchev–Trinajstić information content (AvgIpc) is 2.28. The lowest BCUT2D eigenvalue weighted by atomic mass is 10.1. The molecule has 0 saturated carbocycles. The Hall–Kier alpha value is -1.11. The monoisotopic (exact) mass is 147 g/mol. The summed E-state index contributed by atoms with van der Waals surface area (Å²) < 4.78 is 5.26. The zero-order chi connectivity index (χ0) is 7.52. The summed E-state index contributed by atoms with van der Waals surface area (Å²) in [4.78, 5) is 4.20. The van der Waals surface area contributed by atoms with Gasteiger partial charge >= 0.3 is 0 Å². The molecule has 0 unspecified atom stereocenters. The highest BCUT2D eigenvalue weighted by molar-refractivity contribution is 6.02. The third kappa shape index (κ3) is 1.32. The van der Waals surface area contributed by atoms with E-state index in [0.29, 0.717) is 6.61 Å². The molecule has 0 aromatic rings. The Kier molecular flexibility index (Phi) is 1.72. The first kappa shape index (κ1) is 6.59. The van der Waals surface area contributed by atoms with Crippen molar-refractivity contribution in [3.63, 3.8) is 0 Å². The molecule has 11 heavy (non-hydrogen) atoms. The Morgan fingerprint density at radius 2 is 2.55 bits per heavy atom. The molecule has 2 nitrogen and oxygen atoms in total. The van der Waals surface area contributed by atoms with Gasteiger partial charge in [-0.15, -0.1) is 5.73 Å². The molecule has 0 aromatic carbocycles. The van der Waals surface area contributed by atoms with E-state index in [4.69, 9.17) is 4.74 Å². The van der Waals surface area contributed by atoms with Crippen LogP contribution in [0.4, 0.5) is 0 Å². The number of rotatable bonds is 0. The fourth-order valence-corrected chi connectivity index (χ4v) is 1.19. The summed E-state index contributed by atoms with van der Waals surface area (Å²) in [6.45, 7) is 1.47. The normalized spacial score (nSPS) is 21.8. The van der Waals surface area contributed by atoms with Gasteiger partial charge in [0, 0.05) is 0 Å². The highest BCUT2D eigenvalue weighted by atomic mass is 16.5. The molecule has 0 aromatic heterocycles. The van der Waals surface area contributed by atoms with Gasteiger partial charge < -0.3 is 4.74 Å². The van der Waals surface area contributed by atoms with E-state index in [1.165, 1.54) is 5.57 Å². The molecule has 0 radical (unpaired) electrons. The third-order valence-corrected chi connectivity index (χ3v) is 1.80. The van der Waals surface area contributed by atoms with Crippen molar-refractivity contribution < 1.29 is 4.74 Å². The number of fused-ring (bicyclic) bond motifs is 1. The van der Waals surface area contributed by atoms with Gasteiger partial charge in [0.15, 0.2) is 0 Å². The van der Waals surface area contributed by atoms with Crippen LogP contribution in [0.25, 0.3) is 0 Å². The molecule has 0 spiro atoms. The first-order valence-electron chi connectivity index (χ1n) is 3.72. The van der Waals surface area contributed by atoms with Crippen molar-refractivity contribution in [1.29, 1.82) is 0 Å². The maximum atomic E-state index is 5.26. The van der Waals surface area contributed by atoms with Crippen molar-refractivity contribution in [2.24, 2.45) is 4.99 Å². The highest BCUT2D eigenvalue weighted by Crippen LogP contribution is 2.12. The summed E-state index contributed by atoms with van der Waals surface area (Å²) in [6, 6.07) is 0. The van der Waals surface area contributed by atoms with Gasteiger partial charge in [-0.3, -0.25) is 4.99 Å². The Bertz CT molecular complexity index is 254. The van der Waals surface area contributed by atoms with E-state index in [1.54, 1.807) is 6.20 Å². The van der Waals surface area contributed by atoms with Crippen molar-refractivity contribution in [3.8, 4) is 0 Å². The fraction of sp³-hybridized carbons (Fsp3) is 0.333. The third-order valence-electron chi connectivity index (χ3n) is 1.80. The van der Waals surface area contributed by atoms with Crippen LogP contribution in [0.2, 0.25) is 0 Å². The maximum absolute atomic E-state index is 5.26. The summed E-state index contributed by atoms with van der Waals surface area (Å²) in [7, 11) is 0. The molecule has 0 atom stereocenters. The molecule has 0 aliphatic carbocycles. The lowest BCUT2D eigenvalue weighted by Gasteiger charge is -2.15. The standard InChI is InChI=1S/C9H9NO/c1-2-5-10-9-7-11-6-4-8(9)3-1/h1,3,5H,4,6-7H2. The molecule has 1 fully saturated rings. The number of allylic oxidation sites excluding steroid dienone is 2. The van der Waals surface area contributed by atoms with E-state index < -0.39 is 0 Å². The highest BCUT2D eigenvalue weighted by Gasteiger charge is 2.12. The van der Waals surface area contributed by atoms with Crippen molar-refractivity contribution in [3.05, 3.63) is 29.7 Å². The Labute approximate surface area is 65.6 Å². The minimum atomic E-state index is 0.651. The van der Waals surface area contributed by atoms with Crippen LogP contribution in [0.1, 0.15) is 6.42 Å². The molecular formula is C9H9NO. The summed E-state index contributed by atoms with van der Waals surface area (Å²) in [5.74, 6) is 0. The van der Waals surface area contributed by atoms with Gasteiger partial charge in [0.25, 0.3) is 0 Å². The summed E-state index contributed by atoms with van der Waals surface area (Å²) in [5, 5.41) is 0. The zero-order valence-corrected chi connectivity index (χ0v) is 6.21. The molecule has 2 rings (SSSR count). The van der Waals surface area contributed by atoms with Crippen molar-refractivity contribution in [2.45, 2.75) is 6.42 Å². The second-order valence-corrected chi connectivity index (χ2v) is 2.53. The summed E-state index contributed by atoms with van der Waals surface area (Å²) in [6.07, 6.45) is 6.63. The topological polar surface area (TPSA) is 21.6 Å². The van der Waals surface area contributed by atoms with E-state index in [-0.39, 0.29) is 0 Å². The molecule has 2 aliphatic heterocycles. The first-order chi connectivity index (χ1) is 5.47. The van der Waals surface area contributed by atoms with Crippen molar-refractivity contribution in [2.75, 3.05) is 13.2 Å². The van der Waals surface area contributed by atoms with Crippen molar-refractivity contribution in [1.82, 2.24) is 0 Å². The summed E-state index contributed by atoms with van der Waals surface area (Å²) >= 11 is 0. The lowest BCUT2D eigenvalue weighted by Crippen LogP contribution is -2.19. The number of ether oxygens (including phenoxy) is 1. The molecule has 2 heterocycles. The predicted molar refractivity (Wildman–Crippen MR) is 43.6 cm³/mol. The molecule has 0 amide bonds. The van der Waals surface area contributed by atoms with Crippen LogP contribution in [-0.4, -0.2) is 18.9 Å². The van der Waals surface area contributed by atoms with E-state index in [9.17, 15) is 0 Å². The fourth-order valence-electron chi connectivity index (χ4n) is 1.19. The Morgan fingerprint density at radius 1 is 1.55 bits per heavy atom. The number of nitrogens with zero attached hydrogens (tertiary/aromatic N) is 1. The minimum absolute atomic E-state index is 0.651. The van der Waals surface area contributed by atoms with Crippen LogP contribution in [0, 0.1) is 0 Å². The van der Waals surface area contributed by atoms with Gasteiger partial charge in [0.05, 0.1) is 25.1 Å². The second kappa shape index (κ2) is 2.87. The number of hydrogen-bond donors (Lipinski definition) is 0. The second-order valence-electron chi connectivity index (χ2n) is 2.53. The number of hydrogen-bond acceptors (Lipinski definition) is 2. The lowest BCUT2D eigenvalue weighted by molar-refractivity contribution is 0.166. The minimum Gasteiger partial charge on any atom is -0.375 e. The van der Waals surface area contributed by atoms with E-state index >= 15 is 0 Å². The molecule has 2 heteroatoms. The van der Waals surface area contributed by atoms with Crippen LogP contribution in [0.3, 0.4) is 0 Å². The summed E-state index contributed by atoms with van der Waals surface area (Å²) in [5.41, 5.74) is 5.28. The largest absolute Gasteiger partial charge is 0.375 e. The molecule has 56 valence electrons. The van der Waals surface area contributed by atoms with Crippen LogP contribution in [0.5, 0.6) is 0 Å². The Balaban J connectivity index is 2.33. The number of aliphatic imine (C=N–C) groups is 1. The maximum Gasteiger partial charge on any atom is 0.0891 e. The SMILES string of the molecule is C1=CC=C2CCOCC2=NC=1. The predicted octanol–water partition coefficient (Wildman–Crippen LogP) is 1.46. The molecule has 2 aliphatic rings. The average molecular weight is 147 g/mol. The quantitative estimate of drug-likeness (QED) is 0.475. The van der Waals surface area contributed by atoms with Gasteiger partial charge in [-0.1, -0.05) is 0 Å². The van der Waals surface area contributed by atoms with Crippen LogP contribution < -0.4 is 0 Å². The van der Waals surface area contributed by atoms with Gasteiger partial charge in [-0.05, 0) is 24.1 Å². The molecule has 0 N–H and O–H groups in total. The van der Waals surface area contributed by atoms with E-state index in [2.05, 4.69) is 16.8 Å². The van der Waals surface area contributed by atoms with Crippen LogP contribution in [-0.2, 0) is 4.74 Å². The zero-order valence-electron chi connectivity index (χ0n) is 6.21. The van der Waals surface area contributed by atoms with E-state index in [1.807, 2.05) is 6.08 Å². The molecule has 0 bridgehead atoms. The van der Waals surface area contributed by atoms with E-state index in [0.717, 1.165) is 18.7 Å². The first-order valence-corrected chi connectivity index (χ1v) is 3.72. The van der Waals surface area contributed by atoms with Gasteiger partial charge in [-0.25, -0.2) is 0 Å². The Morgan fingerprint density at radius 3 is 3.55 bits per heavy atom. The smallest absolute Gasteiger partial charge is 0.0891 e. The van der Waals surface area contributed by atoms with Gasteiger partial charge in [0.2, 0.25) is 0 Å². The van der Waals surface area contributed by atoms with Gasteiger partial charge in [-0.2, -0.15) is 0 Å². The van der Waals surface area contributed by atoms with Crippen molar-refractivity contribution >= 4 is 5.71 Å². The molecule has 1 saturated heterocycles. The van der Waals surface area contributed by atoms with Crippen LogP contribution in [0.15, 0.2) is 34.6 Å². The van der Waals surface area contributed by atoms with Crippen LogP contribution >= 0.6 is 0 Å². The molecular weight excluding hydrogens is 138 g/mol. The van der Waals surface area contributed by atoms with Gasteiger partial charge in [0.1, 0.15) is 0 Å².